The average molecular weight is 286 g/mol. The number of hydrogen-bond donors (Lipinski definition) is 1. The van der Waals surface area contributed by atoms with Crippen LogP contribution in [0.15, 0.2) is 18.3 Å². The third-order valence-corrected chi connectivity index (χ3v) is 4.00. The van der Waals surface area contributed by atoms with Gasteiger partial charge in [-0.3, -0.25) is 9.20 Å². The molecule has 0 spiro atoms. The Labute approximate surface area is 125 Å². The zero-order valence-electron chi connectivity index (χ0n) is 12.7. The van der Waals surface area contributed by atoms with Crippen molar-refractivity contribution in [1.29, 1.82) is 0 Å². The number of amides is 1. The number of imidazole rings is 1. The molecule has 21 heavy (non-hydrogen) atoms. The van der Waals surface area contributed by atoms with Crippen molar-refractivity contribution in [2.45, 2.75) is 26.7 Å². The molecule has 1 N–H and O–H groups in total. The van der Waals surface area contributed by atoms with Gasteiger partial charge in [-0.1, -0.05) is 13.0 Å². The molecule has 5 heteroatoms. The standard InChI is InChI=1S/C16H22N4O/c1-3-13-15(16(21)19-9-4-7-17-8-10-19)20-11-12(2)5-6-14(20)18-13/h5-6,11,17H,3-4,7-10H2,1-2H3. The molecule has 1 saturated heterocycles. The van der Waals surface area contributed by atoms with Gasteiger partial charge in [-0.2, -0.15) is 0 Å². The molecule has 0 saturated carbocycles. The fourth-order valence-corrected chi connectivity index (χ4v) is 2.87. The molecule has 0 atom stereocenters. The third-order valence-electron chi connectivity index (χ3n) is 4.00. The van der Waals surface area contributed by atoms with Crippen LogP contribution in [0, 0.1) is 6.92 Å². The zero-order valence-corrected chi connectivity index (χ0v) is 12.7. The van der Waals surface area contributed by atoms with Gasteiger partial charge in [-0.25, -0.2) is 4.98 Å². The summed E-state index contributed by atoms with van der Waals surface area (Å²) in [7, 11) is 0. The van der Waals surface area contributed by atoms with Crippen molar-refractivity contribution in [2.75, 3.05) is 26.2 Å². The van der Waals surface area contributed by atoms with Gasteiger partial charge in [0.2, 0.25) is 0 Å². The number of pyridine rings is 1. The van der Waals surface area contributed by atoms with Crippen molar-refractivity contribution in [3.8, 4) is 0 Å². The van der Waals surface area contributed by atoms with Crippen LogP contribution in [0.5, 0.6) is 0 Å². The molecule has 1 fully saturated rings. The molecule has 0 bridgehead atoms. The summed E-state index contributed by atoms with van der Waals surface area (Å²) in [5.41, 5.74) is 3.61. The number of nitrogens with zero attached hydrogens (tertiary/aromatic N) is 3. The average Bonchev–Trinajstić information content (AvgIpc) is 2.66. The van der Waals surface area contributed by atoms with E-state index in [-0.39, 0.29) is 5.91 Å². The van der Waals surface area contributed by atoms with E-state index in [2.05, 4.69) is 17.2 Å². The zero-order chi connectivity index (χ0) is 14.8. The summed E-state index contributed by atoms with van der Waals surface area (Å²) < 4.78 is 1.95. The summed E-state index contributed by atoms with van der Waals surface area (Å²) >= 11 is 0. The van der Waals surface area contributed by atoms with Crippen LogP contribution in [0.2, 0.25) is 0 Å². The Bertz CT molecular complexity index is 654. The van der Waals surface area contributed by atoms with Gasteiger partial charge in [0, 0.05) is 25.8 Å². The summed E-state index contributed by atoms with van der Waals surface area (Å²) in [5, 5.41) is 3.34. The lowest BCUT2D eigenvalue weighted by Gasteiger charge is -2.20. The van der Waals surface area contributed by atoms with E-state index >= 15 is 0 Å². The number of nitrogens with one attached hydrogen (secondary N) is 1. The van der Waals surface area contributed by atoms with Gasteiger partial charge >= 0.3 is 0 Å². The molecule has 1 amide bonds. The van der Waals surface area contributed by atoms with Gasteiger partial charge in [0.25, 0.3) is 5.91 Å². The molecule has 5 nitrogen and oxygen atoms in total. The second-order valence-corrected chi connectivity index (χ2v) is 5.59. The lowest BCUT2D eigenvalue weighted by molar-refractivity contribution is 0.0758. The number of fused-ring (bicyclic) bond motifs is 1. The van der Waals surface area contributed by atoms with Crippen LogP contribution < -0.4 is 5.32 Å². The van der Waals surface area contributed by atoms with Crippen LogP contribution in [0.4, 0.5) is 0 Å². The van der Waals surface area contributed by atoms with Crippen molar-refractivity contribution in [3.63, 3.8) is 0 Å². The first-order chi connectivity index (χ1) is 10.2. The summed E-state index contributed by atoms with van der Waals surface area (Å²) in [5.74, 6) is 0.105. The lowest BCUT2D eigenvalue weighted by Crippen LogP contribution is -2.35. The van der Waals surface area contributed by atoms with E-state index in [1.807, 2.05) is 34.6 Å². The highest BCUT2D eigenvalue weighted by atomic mass is 16.2. The highest BCUT2D eigenvalue weighted by Gasteiger charge is 2.24. The van der Waals surface area contributed by atoms with E-state index in [9.17, 15) is 4.79 Å². The second-order valence-electron chi connectivity index (χ2n) is 5.59. The fraction of sp³-hybridized carbons (Fsp3) is 0.500. The van der Waals surface area contributed by atoms with Crippen LogP contribution in [-0.2, 0) is 6.42 Å². The molecule has 3 heterocycles. The van der Waals surface area contributed by atoms with E-state index in [0.717, 1.165) is 61.6 Å². The third kappa shape index (κ3) is 2.65. The predicted molar refractivity (Wildman–Crippen MR) is 82.7 cm³/mol. The molecule has 3 rings (SSSR count). The quantitative estimate of drug-likeness (QED) is 0.913. The molecule has 2 aromatic rings. The minimum atomic E-state index is 0.105. The van der Waals surface area contributed by atoms with Crippen molar-refractivity contribution >= 4 is 11.6 Å². The Morgan fingerprint density at radius 1 is 1.33 bits per heavy atom. The predicted octanol–water partition coefficient (Wildman–Crippen LogP) is 1.64. The monoisotopic (exact) mass is 286 g/mol. The van der Waals surface area contributed by atoms with Gasteiger partial charge in [0.1, 0.15) is 11.3 Å². The Balaban J connectivity index is 2.04. The van der Waals surface area contributed by atoms with E-state index in [0.29, 0.717) is 0 Å². The van der Waals surface area contributed by atoms with Gasteiger partial charge in [0.05, 0.1) is 5.69 Å². The van der Waals surface area contributed by atoms with Crippen molar-refractivity contribution in [2.24, 2.45) is 0 Å². The number of hydrogen-bond acceptors (Lipinski definition) is 3. The normalized spacial score (nSPS) is 16.2. The number of aromatic nitrogens is 2. The maximum absolute atomic E-state index is 13.0. The van der Waals surface area contributed by atoms with Crippen LogP contribution in [0.25, 0.3) is 5.65 Å². The molecular weight excluding hydrogens is 264 g/mol. The number of carbonyl (C=O) groups excluding carboxylic acids is 1. The molecule has 1 aliphatic rings. The molecule has 0 radical (unpaired) electrons. The Hall–Kier alpha value is -1.88. The van der Waals surface area contributed by atoms with Gasteiger partial charge in [-0.15, -0.1) is 0 Å². The van der Waals surface area contributed by atoms with E-state index in [1.54, 1.807) is 0 Å². The first-order valence-corrected chi connectivity index (χ1v) is 7.68. The van der Waals surface area contributed by atoms with Crippen LogP contribution in [0.3, 0.4) is 0 Å². The smallest absolute Gasteiger partial charge is 0.272 e. The number of rotatable bonds is 2. The molecule has 1 aliphatic heterocycles. The second kappa shape index (κ2) is 5.85. The van der Waals surface area contributed by atoms with Crippen molar-refractivity contribution in [3.05, 3.63) is 35.3 Å². The van der Waals surface area contributed by atoms with Crippen molar-refractivity contribution < 1.29 is 4.79 Å². The summed E-state index contributed by atoms with van der Waals surface area (Å²) in [6.07, 6.45) is 3.78. The van der Waals surface area contributed by atoms with E-state index in [1.165, 1.54) is 0 Å². The summed E-state index contributed by atoms with van der Waals surface area (Å²) in [4.78, 5) is 19.5. The Kier molecular flexibility index (Phi) is 3.92. The SMILES string of the molecule is CCc1nc2ccc(C)cn2c1C(=O)N1CCCNCC1. The van der Waals surface area contributed by atoms with Gasteiger partial charge < -0.3 is 10.2 Å². The van der Waals surface area contributed by atoms with Gasteiger partial charge in [-0.05, 0) is 37.9 Å². The molecule has 0 unspecified atom stereocenters. The largest absolute Gasteiger partial charge is 0.336 e. The van der Waals surface area contributed by atoms with E-state index in [4.69, 9.17) is 0 Å². The molecular formula is C16H22N4O. The number of carbonyl (C=O) groups is 1. The first kappa shape index (κ1) is 14.1. The van der Waals surface area contributed by atoms with Crippen LogP contribution in [0.1, 0.15) is 35.1 Å². The molecule has 2 aromatic heterocycles. The summed E-state index contributed by atoms with van der Waals surface area (Å²) in [6.45, 7) is 7.51. The molecule has 0 aliphatic carbocycles. The highest BCUT2D eigenvalue weighted by Crippen LogP contribution is 2.17. The molecule has 112 valence electrons. The molecule has 0 aromatic carbocycles. The van der Waals surface area contributed by atoms with Crippen molar-refractivity contribution in [1.82, 2.24) is 19.6 Å². The summed E-state index contributed by atoms with van der Waals surface area (Å²) in [6, 6.07) is 4.02. The fourth-order valence-electron chi connectivity index (χ4n) is 2.87. The Morgan fingerprint density at radius 3 is 3.00 bits per heavy atom. The van der Waals surface area contributed by atoms with E-state index < -0.39 is 0 Å². The maximum atomic E-state index is 13.0. The minimum absolute atomic E-state index is 0.105. The highest BCUT2D eigenvalue weighted by molar-refractivity contribution is 5.94. The minimum Gasteiger partial charge on any atom is -0.336 e. The maximum Gasteiger partial charge on any atom is 0.272 e. The lowest BCUT2D eigenvalue weighted by atomic mass is 10.2. The Morgan fingerprint density at radius 2 is 2.19 bits per heavy atom. The number of aryl methyl sites for hydroxylation is 2. The van der Waals surface area contributed by atoms with Gasteiger partial charge in [0.15, 0.2) is 0 Å². The van der Waals surface area contributed by atoms with Crippen LogP contribution in [-0.4, -0.2) is 46.4 Å². The first-order valence-electron chi connectivity index (χ1n) is 7.68. The topological polar surface area (TPSA) is 49.6 Å². The van der Waals surface area contributed by atoms with Crippen LogP contribution >= 0.6 is 0 Å².